The molecule has 0 saturated carbocycles. The Kier molecular flexibility index (Phi) is 9.59. The fourth-order valence-corrected chi connectivity index (χ4v) is 6.46. The number of hydrogen-bond acceptors (Lipinski definition) is 4. The van der Waals surface area contributed by atoms with E-state index in [0.29, 0.717) is 50.0 Å². The minimum Gasteiger partial charge on any atom is -0.351 e. The molecule has 1 aliphatic rings. The van der Waals surface area contributed by atoms with Gasteiger partial charge in [-0.2, -0.15) is 0 Å². The van der Waals surface area contributed by atoms with Gasteiger partial charge >= 0.3 is 0 Å². The van der Waals surface area contributed by atoms with Gasteiger partial charge in [-0.05, 0) is 59.9 Å². The summed E-state index contributed by atoms with van der Waals surface area (Å²) in [4.78, 5) is 31.9. The van der Waals surface area contributed by atoms with Crippen LogP contribution in [-0.2, 0) is 17.3 Å². The number of carbonyl (C=O) groups is 2. The number of fused-ring (bicyclic) bond motifs is 2. The van der Waals surface area contributed by atoms with Crippen LogP contribution in [0, 0.1) is 11.8 Å². The summed E-state index contributed by atoms with van der Waals surface area (Å²) in [5, 5.41) is 3.60. The van der Waals surface area contributed by atoms with Crippen molar-refractivity contribution in [1.82, 2.24) is 10.2 Å². The first-order valence-electron chi connectivity index (χ1n) is 13.4. The van der Waals surface area contributed by atoms with Gasteiger partial charge in [0.2, 0.25) is 0 Å². The van der Waals surface area contributed by atoms with Gasteiger partial charge in [0.25, 0.3) is 11.8 Å². The molecule has 0 saturated heterocycles. The zero-order valence-electron chi connectivity index (χ0n) is 22.9. The molecule has 0 fully saturated rings. The van der Waals surface area contributed by atoms with Crippen molar-refractivity contribution >= 4 is 39.9 Å². The standard InChI is InChI=1S/C31H36ClN3O3S/c1-21(2)18-34(19-22(3)4)15-14-33-30(36)24-12-13-29-27(17-24)35(20-23-8-7-9-25(32)16-23)31(37)26-10-5-6-11-28(26)39(29)38/h5-13,16-17,21-22H,14-15,18-20H2,1-4H3,(H,33,36)/t39-/m1/s1. The number of halogens is 1. The van der Waals surface area contributed by atoms with Crippen LogP contribution in [0.4, 0.5) is 5.69 Å². The van der Waals surface area contributed by atoms with Gasteiger partial charge in [0, 0.05) is 36.8 Å². The minimum atomic E-state index is -1.58. The number of nitrogens with one attached hydrogen (secondary N) is 1. The van der Waals surface area contributed by atoms with Crippen molar-refractivity contribution in [3.63, 3.8) is 0 Å². The number of nitrogens with zero attached hydrogens (tertiary/aromatic N) is 2. The van der Waals surface area contributed by atoms with Gasteiger partial charge in [0.05, 0.1) is 38.4 Å². The van der Waals surface area contributed by atoms with Crippen LogP contribution in [0.2, 0.25) is 5.02 Å². The zero-order valence-corrected chi connectivity index (χ0v) is 24.5. The highest BCUT2D eigenvalue weighted by atomic mass is 35.5. The molecule has 1 aliphatic heterocycles. The highest BCUT2D eigenvalue weighted by Crippen LogP contribution is 2.36. The molecule has 1 heterocycles. The first kappa shape index (κ1) is 29.0. The maximum Gasteiger partial charge on any atom is 0.259 e. The Morgan fingerprint density at radius 1 is 0.949 bits per heavy atom. The van der Waals surface area contributed by atoms with E-state index in [2.05, 4.69) is 37.9 Å². The van der Waals surface area contributed by atoms with Crippen molar-refractivity contribution in [2.24, 2.45) is 11.8 Å². The van der Waals surface area contributed by atoms with Crippen LogP contribution in [0.3, 0.4) is 0 Å². The fraction of sp³-hybridized carbons (Fsp3) is 0.355. The molecule has 4 rings (SSSR count). The normalized spacial score (nSPS) is 14.9. The second-order valence-corrected chi connectivity index (χ2v) is 12.6. The van der Waals surface area contributed by atoms with Gasteiger partial charge in [-0.15, -0.1) is 0 Å². The summed E-state index contributed by atoms with van der Waals surface area (Å²) >= 11 is 6.22. The number of benzene rings is 3. The smallest absolute Gasteiger partial charge is 0.259 e. The Balaban J connectivity index is 1.62. The van der Waals surface area contributed by atoms with Crippen molar-refractivity contribution in [3.05, 3.63) is 88.4 Å². The summed E-state index contributed by atoms with van der Waals surface area (Å²) in [5.41, 5.74) is 2.09. The quantitative estimate of drug-likeness (QED) is 0.327. The number of carbonyl (C=O) groups excluding carboxylic acids is 2. The van der Waals surface area contributed by atoms with Gasteiger partial charge in [-0.25, -0.2) is 4.21 Å². The summed E-state index contributed by atoms with van der Waals surface area (Å²) in [7, 11) is -1.58. The molecule has 1 atom stereocenters. The van der Waals surface area contributed by atoms with Crippen LogP contribution in [0.25, 0.3) is 0 Å². The average Bonchev–Trinajstić information content (AvgIpc) is 2.97. The van der Waals surface area contributed by atoms with E-state index < -0.39 is 10.8 Å². The van der Waals surface area contributed by atoms with E-state index in [4.69, 9.17) is 11.6 Å². The third-order valence-corrected chi connectivity index (χ3v) is 8.20. The number of hydrogen-bond donors (Lipinski definition) is 1. The summed E-state index contributed by atoms with van der Waals surface area (Å²) < 4.78 is 13.6. The monoisotopic (exact) mass is 565 g/mol. The van der Waals surface area contributed by atoms with Crippen LogP contribution in [0.5, 0.6) is 0 Å². The summed E-state index contributed by atoms with van der Waals surface area (Å²) in [6.45, 7) is 12.2. The molecule has 1 N–H and O–H groups in total. The van der Waals surface area contributed by atoms with Gasteiger partial charge in [-0.1, -0.05) is 63.6 Å². The van der Waals surface area contributed by atoms with Gasteiger partial charge in [0.1, 0.15) is 0 Å². The van der Waals surface area contributed by atoms with Crippen LogP contribution >= 0.6 is 11.6 Å². The average molecular weight is 566 g/mol. The van der Waals surface area contributed by atoms with Crippen LogP contribution in [-0.4, -0.2) is 47.1 Å². The molecule has 0 spiro atoms. The SMILES string of the molecule is CC(C)CN(CCNC(=O)c1ccc2c(c1)N(Cc1cccc(Cl)c1)C(=O)c1ccccc1[S@]2=O)CC(C)C. The van der Waals surface area contributed by atoms with Crippen molar-refractivity contribution < 1.29 is 13.8 Å². The number of rotatable bonds is 10. The van der Waals surface area contributed by atoms with E-state index in [1.165, 1.54) is 0 Å². The molecule has 0 aromatic heterocycles. The summed E-state index contributed by atoms with van der Waals surface area (Å²) in [6.07, 6.45) is 0. The van der Waals surface area contributed by atoms with Crippen LogP contribution < -0.4 is 10.2 Å². The molecule has 206 valence electrons. The molecule has 6 nitrogen and oxygen atoms in total. The predicted octanol–water partition coefficient (Wildman–Crippen LogP) is 6.01. The molecule has 2 amide bonds. The van der Waals surface area contributed by atoms with Crippen molar-refractivity contribution in [3.8, 4) is 0 Å². The molecule has 0 unspecified atom stereocenters. The molecule has 3 aromatic rings. The lowest BCUT2D eigenvalue weighted by molar-refractivity contribution is 0.0943. The number of amides is 2. The van der Waals surface area contributed by atoms with Crippen molar-refractivity contribution in [2.75, 3.05) is 31.1 Å². The van der Waals surface area contributed by atoms with E-state index in [1.807, 2.05) is 12.1 Å². The van der Waals surface area contributed by atoms with Gasteiger partial charge in [0.15, 0.2) is 0 Å². The van der Waals surface area contributed by atoms with Crippen molar-refractivity contribution in [2.45, 2.75) is 44.0 Å². The summed E-state index contributed by atoms with van der Waals surface area (Å²) in [5.74, 6) is 0.580. The first-order chi connectivity index (χ1) is 18.6. The largest absolute Gasteiger partial charge is 0.351 e. The van der Waals surface area contributed by atoms with E-state index in [-0.39, 0.29) is 18.4 Å². The molecule has 8 heteroatoms. The third kappa shape index (κ3) is 7.15. The molecule has 0 aliphatic carbocycles. The van der Waals surface area contributed by atoms with Crippen molar-refractivity contribution in [1.29, 1.82) is 0 Å². The second kappa shape index (κ2) is 12.9. The Morgan fingerprint density at radius 3 is 2.36 bits per heavy atom. The van der Waals surface area contributed by atoms with Crippen LogP contribution in [0.15, 0.2) is 76.5 Å². The molecular formula is C31H36ClN3O3S. The molecule has 3 aromatic carbocycles. The van der Waals surface area contributed by atoms with Gasteiger partial charge < -0.3 is 15.1 Å². The third-order valence-electron chi connectivity index (χ3n) is 6.46. The maximum atomic E-state index is 13.8. The Labute approximate surface area is 238 Å². The molecular weight excluding hydrogens is 530 g/mol. The van der Waals surface area contributed by atoms with Crippen LogP contribution in [0.1, 0.15) is 54.0 Å². The van der Waals surface area contributed by atoms with E-state index in [0.717, 1.165) is 25.2 Å². The zero-order chi connectivity index (χ0) is 28.1. The predicted molar refractivity (Wildman–Crippen MR) is 158 cm³/mol. The highest BCUT2D eigenvalue weighted by molar-refractivity contribution is 7.85. The lowest BCUT2D eigenvalue weighted by Crippen LogP contribution is -2.38. The molecule has 0 bridgehead atoms. The lowest BCUT2D eigenvalue weighted by Gasteiger charge is -2.26. The fourth-order valence-electron chi connectivity index (χ4n) is 4.90. The lowest BCUT2D eigenvalue weighted by atomic mass is 10.1. The Hall–Kier alpha value is -3.00. The van der Waals surface area contributed by atoms with Gasteiger partial charge in [-0.3, -0.25) is 9.59 Å². The Bertz CT molecular complexity index is 1360. The first-order valence-corrected chi connectivity index (χ1v) is 14.9. The molecule has 39 heavy (non-hydrogen) atoms. The highest BCUT2D eigenvalue weighted by Gasteiger charge is 2.31. The minimum absolute atomic E-state index is 0.225. The maximum absolute atomic E-state index is 13.8. The van der Waals surface area contributed by atoms with E-state index in [1.54, 1.807) is 59.5 Å². The van der Waals surface area contributed by atoms with E-state index in [9.17, 15) is 13.8 Å². The van der Waals surface area contributed by atoms with E-state index >= 15 is 0 Å². The topological polar surface area (TPSA) is 69.7 Å². The summed E-state index contributed by atoms with van der Waals surface area (Å²) in [6, 6.07) is 19.3. The Morgan fingerprint density at radius 2 is 1.67 bits per heavy atom. The molecule has 0 radical (unpaired) electrons. The second-order valence-electron chi connectivity index (χ2n) is 10.8. The number of anilines is 1.